The van der Waals surface area contributed by atoms with Crippen LogP contribution in [0.2, 0.25) is 0 Å². The van der Waals surface area contributed by atoms with Gasteiger partial charge in [-0.05, 0) is 49.4 Å². The summed E-state index contributed by atoms with van der Waals surface area (Å²) >= 11 is 0. The van der Waals surface area contributed by atoms with E-state index >= 15 is 0 Å². The third-order valence-corrected chi connectivity index (χ3v) is 5.76. The number of halogens is 2. The molecule has 4 nitrogen and oxygen atoms in total. The van der Waals surface area contributed by atoms with Crippen LogP contribution in [0, 0.1) is 0 Å². The van der Waals surface area contributed by atoms with E-state index in [1.165, 1.54) is 22.5 Å². The number of benzene rings is 3. The van der Waals surface area contributed by atoms with Gasteiger partial charge in [-0.1, -0.05) is 42.5 Å². The topological polar surface area (TPSA) is 19.0 Å². The maximum Gasteiger partial charge on any atom is 0.143 e. The van der Waals surface area contributed by atoms with Crippen LogP contribution in [-0.4, -0.2) is 45.7 Å². The summed E-state index contributed by atoms with van der Waals surface area (Å²) in [6.07, 6.45) is 1.06. The molecule has 0 fully saturated rings. The van der Waals surface area contributed by atoms with Crippen molar-refractivity contribution >= 4 is 41.9 Å². The lowest BCUT2D eigenvalue weighted by atomic mass is 10.1. The molecule has 0 radical (unpaired) electrons. The van der Waals surface area contributed by atoms with Crippen molar-refractivity contribution in [2.45, 2.75) is 13.0 Å². The van der Waals surface area contributed by atoms with Crippen LogP contribution in [-0.2, 0) is 13.0 Å². The second kappa shape index (κ2) is 12.0. The predicted octanol–water partition coefficient (Wildman–Crippen LogP) is 5.80. The molecule has 6 heteroatoms. The number of likely N-dealkylation sites (N-methyl/N-ethyl adjacent to an activating group) is 1. The van der Waals surface area contributed by atoms with Gasteiger partial charge in [0, 0.05) is 50.7 Å². The monoisotopic (exact) mass is 473 g/mol. The SMILES string of the molecule is CN(CCc1ccc(N(C)C)cc1)CCN1c2ccccc2COc2ccccc21.Cl.Cl. The van der Waals surface area contributed by atoms with Crippen LogP contribution in [0.4, 0.5) is 17.1 Å². The summed E-state index contributed by atoms with van der Waals surface area (Å²) in [7, 11) is 6.36. The number of nitrogens with zero attached hydrogens (tertiary/aromatic N) is 3. The number of hydrogen-bond donors (Lipinski definition) is 0. The zero-order chi connectivity index (χ0) is 20.9. The highest BCUT2D eigenvalue weighted by atomic mass is 35.5. The molecule has 0 spiro atoms. The van der Waals surface area contributed by atoms with Crippen LogP contribution in [0.3, 0.4) is 0 Å². The van der Waals surface area contributed by atoms with Crippen molar-refractivity contribution in [2.24, 2.45) is 0 Å². The minimum atomic E-state index is 0. The minimum Gasteiger partial charge on any atom is -0.487 e. The molecule has 0 aromatic heterocycles. The van der Waals surface area contributed by atoms with Gasteiger partial charge in [-0.3, -0.25) is 0 Å². The first-order valence-electron chi connectivity index (χ1n) is 10.6. The molecular weight excluding hydrogens is 441 g/mol. The van der Waals surface area contributed by atoms with Crippen LogP contribution < -0.4 is 14.5 Å². The van der Waals surface area contributed by atoms with Gasteiger partial charge in [0.05, 0.1) is 5.69 Å². The van der Waals surface area contributed by atoms with E-state index in [2.05, 4.69) is 103 Å². The third-order valence-electron chi connectivity index (χ3n) is 5.76. The third kappa shape index (κ3) is 6.10. The predicted molar refractivity (Wildman–Crippen MR) is 141 cm³/mol. The lowest BCUT2D eigenvalue weighted by molar-refractivity contribution is 0.310. The summed E-state index contributed by atoms with van der Waals surface area (Å²) in [6.45, 7) is 3.56. The highest BCUT2D eigenvalue weighted by Crippen LogP contribution is 2.38. The van der Waals surface area contributed by atoms with Crippen molar-refractivity contribution in [1.82, 2.24) is 4.90 Å². The molecule has 0 saturated carbocycles. The van der Waals surface area contributed by atoms with Crippen LogP contribution in [0.5, 0.6) is 5.75 Å². The number of hydrogen-bond acceptors (Lipinski definition) is 4. The van der Waals surface area contributed by atoms with Crippen molar-refractivity contribution in [3.63, 3.8) is 0 Å². The van der Waals surface area contributed by atoms with E-state index in [9.17, 15) is 0 Å². The average Bonchev–Trinajstić information content (AvgIpc) is 2.93. The van der Waals surface area contributed by atoms with Gasteiger partial charge in [0.2, 0.25) is 0 Å². The summed E-state index contributed by atoms with van der Waals surface area (Å²) in [5.74, 6) is 0.956. The van der Waals surface area contributed by atoms with Gasteiger partial charge in [0.15, 0.2) is 0 Å². The highest BCUT2D eigenvalue weighted by molar-refractivity contribution is 5.85. The van der Waals surface area contributed by atoms with Crippen molar-refractivity contribution in [3.8, 4) is 5.75 Å². The molecule has 0 aliphatic carbocycles. The molecule has 32 heavy (non-hydrogen) atoms. The molecule has 172 valence electrons. The van der Waals surface area contributed by atoms with E-state index in [1.54, 1.807) is 0 Å². The lowest BCUT2D eigenvalue weighted by Crippen LogP contribution is -2.32. The fraction of sp³-hybridized carbons (Fsp3) is 0.308. The fourth-order valence-electron chi connectivity index (χ4n) is 3.89. The Bertz CT molecular complexity index is 931. The van der Waals surface area contributed by atoms with Gasteiger partial charge in [-0.15, -0.1) is 24.8 Å². The zero-order valence-corrected chi connectivity index (χ0v) is 20.7. The molecular formula is C26H33Cl2N3O. The van der Waals surface area contributed by atoms with Crippen molar-refractivity contribution in [1.29, 1.82) is 0 Å². The Morgan fingerprint density at radius 1 is 0.781 bits per heavy atom. The van der Waals surface area contributed by atoms with Crippen LogP contribution in [0.25, 0.3) is 0 Å². The molecule has 0 unspecified atom stereocenters. The molecule has 0 amide bonds. The van der Waals surface area contributed by atoms with E-state index in [-0.39, 0.29) is 24.8 Å². The molecule has 3 aromatic carbocycles. The number of fused-ring (bicyclic) bond motifs is 2. The van der Waals surface area contributed by atoms with Gasteiger partial charge < -0.3 is 19.4 Å². The van der Waals surface area contributed by atoms with E-state index in [0.29, 0.717) is 6.61 Å². The van der Waals surface area contributed by atoms with Gasteiger partial charge >= 0.3 is 0 Å². The van der Waals surface area contributed by atoms with Crippen LogP contribution in [0.1, 0.15) is 11.1 Å². The first-order valence-corrected chi connectivity index (χ1v) is 10.6. The summed E-state index contributed by atoms with van der Waals surface area (Å²) in [5, 5.41) is 0. The molecule has 0 atom stereocenters. The molecule has 3 aromatic rings. The minimum absolute atomic E-state index is 0. The zero-order valence-electron chi connectivity index (χ0n) is 19.0. The second-order valence-corrected chi connectivity index (χ2v) is 8.15. The lowest BCUT2D eigenvalue weighted by Gasteiger charge is -2.28. The normalized spacial score (nSPS) is 11.9. The van der Waals surface area contributed by atoms with E-state index in [4.69, 9.17) is 4.74 Å². The summed E-state index contributed by atoms with van der Waals surface area (Å²) in [4.78, 5) is 6.95. The second-order valence-electron chi connectivity index (χ2n) is 8.15. The number of para-hydroxylation sites is 3. The quantitative estimate of drug-likeness (QED) is 0.431. The Balaban J connectivity index is 0.00000181. The summed E-state index contributed by atoms with van der Waals surface area (Å²) in [5.41, 5.74) is 6.25. The Hall–Kier alpha value is -2.40. The van der Waals surface area contributed by atoms with Crippen LogP contribution in [0.15, 0.2) is 72.8 Å². The van der Waals surface area contributed by atoms with Gasteiger partial charge in [0.25, 0.3) is 0 Å². The molecule has 1 aliphatic heterocycles. The molecule has 4 rings (SSSR count). The standard InChI is InChI=1S/C26H31N3O.2ClH/c1-27(2)23-14-12-21(13-15-23)16-17-28(3)18-19-29-24-9-5-4-8-22(24)20-30-26-11-7-6-10-25(26)29;;/h4-15H,16-20H2,1-3H3;2*1H. The first-order chi connectivity index (χ1) is 14.6. The first kappa shape index (κ1) is 25.9. The molecule has 0 saturated heterocycles. The molecule has 1 aliphatic rings. The summed E-state index contributed by atoms with van der Waals surface area (Å²) < 4.78 is 6.08. The number of ether oxygens (including phenoxy) is 1. The highest BCUT2D eigenvalue weighted by Gasteiger charge is 2.21. The fourth-order valence-corrected chi connectivity index (χ4v) is 3.89. The van der Waals surface area contributed by atoms with Crippen LogP contribution >= 0.6 is 24.8 Å². The van der Waals surface area contributed by atoms with E-state index in [1.807, 2.05) is 6.07 Å². The van der Waals surface area contributed by atoms with Crippen molar-refractivity contribution < 1.29 is 4.74 Å². The van der Waals surface area contributed by atoms with Gasteiger partial charge in [-0.25, -0.2) is 0 Å². The summed E-state index contributed by atoms with van der Waals surface area (Å²) in [6, 6.07) is 25.8. The maximum absolute atomic E-state index is 6.08. The van der Waals surface area contributed by atoms with Gasteiger partial charge in [0.1, 0.15) is 12.4 Å². The Morgan fingerprint density at radius 3 is 2.16 bits per heavy atom. The Labute approximate surface area is 204 Å². The van der Waals surface area contributed by atoms with E-state index in [0.717, 1.165) is 37.5 Å². The molecule has 0 bridgehead atoms. The Morgan fingerprint density at radius 2 is 1.44 bits per heavy atom. The average molecular weight is 474 g/mol. The molecule has 1 heterocycles. The smallest absolute Gasteiger partial charge is 0.143 e. The largest absolute Gasteiger partial charge is 0.487 e. The number of rotatable bonds is 7. The van der Waals surface area contributed by atoms with E-state index < -0.39 is 0 Å². The number of anilines is 3. The maximum atomic E-state index is 6.08. The van der Waals surface area contributed by atoms with Gasteiger partial charge in [-0.2, -0.15) is 0 Å². The molecule has 0 N–H and O–H groups in total. The van der Waals surface area contributed by atoms with Crippen molar-refractivity contribution in [3.05, 3.63) is 83.9 Å². The van der Waals surface area contributed by atoms with Crippen molar-refractivity contribution in [2.75, 3.05) is 50.6 Å². The Kier molecular flexibility index (Phi) is 9.70.